The minimum absolute atomic E-state index is 0.155. The molecule has 0 fully saturated rings. The molecule has 0 aliphatic rings. The highest BCUT2D eigenvalue weighted by Crippen LogP contribution is 2.29. The molecule has 1 heterocycles. The van der Waals surface area contributed by atoms with Crippen molar-refractivity contribution in [1.82, 2.24) is 14.5 Å². The summed E-state index contributed by atoms with van der Waals surface area (Å²) in [7, 11) is 3.12. The highest BCUT2D eigenvalue weighted by atomic mass is 35.5. The van der Waals surface area contributed by atoms with Crippen LogP contribution in [0.2, 0.25) is 10.3 Å². The molecule has 2 aromatic carbocycles. The molecule has 0 N–H and O–H groups in total. The van der Waals surface area contributed by atoms with Crippen LogP contribution in [0.15, 0.2) is 42.5 Å². The second-order valence-electron chi connectivity index (χ2n) is 8.60. The monoisotopic (exact) mass is 503 g/mol. The third-order valence-corrected chi connectivity index (χ3v) is 6.51. The van der Waals surface area contributed by atoms with Gasteiger partial charge < -0.3 is 18.9 Å². The van der Waals surface area contributed by atoms with E-state index in [0.29, 0.717) is 47.0 Å². The lowest BCUT2D eigenvalue weighted by Crippen LogP contribution is -2.33. The van der Waals surface area contributed by atoms with Crippen LogP contribution in [-0.4, -0.2) is 41.1 Å². The summed E-state index contributed by atoms with van der Waals surface area (Å²) in [4.78, 5) is 19.9. The lowest BCUT2D eigenvalue weighted by Gasteiger charge is -2.25. The lowest BCUT2D eigenvalue weighted by molar-refractivity contribution is 0.0726. The molecule has 0 bridgehead atoms. The maximum absolute atomic E-state index is 13.7. The van der Waals surface area contributed by atoms with Crippen LogP contribution >= 0.6 is 23.2 Å². The van der Waals surface area contributed by atoms with E-state index in [1.54, 1.807) is 37.3 Å². The minimum atomic E-state index is -0.155. The Morgan fingerprint density at radius 1 is 1.12 bits per heavy atom. The van der Waals surface area contributed by atoms with Crippen LogP contribution in [-0.2, 0) is 13.1 Å². The highest BCUT2D eigenvalue weighted by Gasteiger charge is 2.24. The third kappa shape index (κ3) is 6.05. The smallest absolute Gasteiger partial charge is 0.258 e. The zero-order valence-electron chi connectivity index (χ0n) is 20.3. The van der Waals surface area contributed by atoms with E-state index in [1.807, 2.05) is 22.8 Å². The van der Waals surface area contributed by atoms with Gasteiger partial charge in [-0.05, 0) is 42.5 Å². The van der Waals surface area contributed by atoms with Gasteiger partial charge in [-0.2, -0.15) is 0 Å². The Balaban J connectivity index is 1.96. The van der Waals surface area contributed by atoms with Gasteiger partial charge in [0.2, 0.25) is 0 Å². The summed E-state index contributed by atoms with van der Waals surface area (Å²) in [5.74, 6) is 1.97. The number of hydrogen-bond donors (Lipinski definition) is 0. The predicted octanol–water partition coefficient (Wildman–Crippen LogP) is 6.25. The number of carbonyl (C=O) groups is 1. The number of aromatic nitrogens is 2. The first-order valence-electron chi connectivity index (χ1n) is 11.2. The Kier molecular flexibility index (Phi) is 8.86. The van der Waals surface area contributed by atoms with Crippen LogP contribution in [0.3, 0.4) is 0 Å². The molecule has 6 nitrogen and oxygen atoms in total. The molecule has 0 atom stereocenters. The van der Waals surface area contributed by atoms with E-state index in [2.05, 4.69) is 31.8 Å². The topological polar surface area (TPSA) is 56.6 Å². The Morgan fingerprint density at radius 3 is 2.50 bits per heavy atom. The van der Waals surface area contributed by atoms with Gasteiger partial charge in [0.1, 0.15) is 22.5 Å². The standard InChI is InChI=1S/C26H31Cl2N3O3/c1-17(2)12-13-30(26(32)21-11-10-20(33-4)14-22(21)34-5)16-23-29-24(27)25(28)31(23)15-19-9-7-6-8-18(19)3/h6-11,14,17H,12-13,15-16H2,1-5H3. The summed E-state index contributed by atoms with van der Waals surface area (Å²) in [6, 6.07) is 13.3. The van der Waals surface area contributed by atoms with Crippen molar-refractivity contribution in [3.8, 4) is 11.5 Å². The molecule has 3 rings (SSSR count). The molecule has 182 valence electrons. The average Bonchev–Trinajstić information content (AvgIpc) is 3.09. The molecular weight excluding hydrogens is 473 g/mol. The van der Waals surface area contributed by atoms with Gasteiger partial charge in [0, 0.05) is 12.6 Å². The van der Waals surface area contributed by atoms with E-state index >= 15 is 0 Å². The maximum Gasteiger partial charge on any atom is 0.258 e. The molecule has 0 spiro atoms. The van der Waals surface area contributed by atoms with Crippen LogP contribution < -0.4 is 9.47 Å². The van der Waals surface area contributed by atoms with Crippen LogP contribution in [0.4, 0.5) is 0 Å². The molecule has 0 aliphatic heterocycles. The van der Waals surface area contributed by atoms with Crippen LogP contribution in [0.5, 0.6) is 11.5 Å². The van der Waals surface area contributed by atoms with Gasteiger partial charge in [0.25, 0.3) is 5.91 Å². The number of nitrogens with zero attached hydrogens (tertiary/aromatic N) is 3. The van der Waals surface area contributed by atoms with Crippen molar-refractivity contribution < 1.29 is 14.3 Å². The number of rotatable bonds is 10. The van der Waals surface area contributed by atoms with Crippen molar-refractivity contribution in [2.24, 2.45) is 5.92 Å². The summed E-state index contributed by atoms with van der Waals surface area (Å²) in [6.07, 6.45) is 0.837. The number of amides is 1. The zero-order chi connectivity index (χ0) is 24.8. The van der Waals surface area contributed by atoms with Crippen molar-refractivity contribution in [1.29, 1.82) is 0 Å². The zero-order valence-corrected chi connectivity index (χ0v) is 21.8. The van der Waals surface area contributed by atoms with Gasteiger partial charge in [-0.15, -0.1) is 0 Å². The lowest BCUT2D eigenvalue weighted by atomic mass is 10.1. The molecule has 3 aromatic rings. The van der Waals surface area contributed by atoms with Crippen molar-refractivity contribution in [2.45, 2.75) is 40.3 Å². The second kappa shape index (κ2) is 11.6. The number of imidazole rings is 1. The van der Waals surface area contributed by atoms with Gasteiger partial charge in [0.15, 0.2) is 5.15 Å². The predicted molar refractivity (Wildman–Crippen MR) is 136 cm³/mol. The summed E-state index contributed by atoms with van der Waals surface area (Å²) >= 11 is 12.9. The van der Waals surface area contributed by atoms with E-state index in [9.17, 15) is 4.79 Å². The minimum Gasteiger partial charge on any atom is -0.497 e. The Hall–Kier alpha value is -2.70. The first-order valence-corrected chi connectivity index (χ1v) is 12.0. The van der Waals surface area contributed by atoms with Gasteiger partial charge in [-0.25, -0.2) is 4.98 Å². The Morgan fingerprint density at radius 2 is 1.85 bits per heavy atom. The summed E-state index contributed by atoms with van der Waals surface area (Å²) in [5, 5.41) is 0.585. The fourth-order valence-electron chi connectivity index (χ4n) is 3.67. The van der Waals surface area contributed by atoms with Gasteiger partial charge >= 0.3 is 0 Å². The number of carbonyl (C=O) groups excluding carboxylic acids is 1. The number of halogens is 2. The van der Waals surface area contributed by atoms with Gasteiger partial charge in [0.05, 0.1) is 32.9 Å². The average molecular weight is 504 g/mol. The number of aryl methyl sites for hydroxylation is 1. The molecule has 0 unspecified atom stereocenters. The maximum atomic E-state index is 13.7. The number of ether oxygens (including phenoxy) is 2. The molecule has 8 heteroatoms. The summed E-state index contributed by atoms with van der Waals surface area (Å²) in [5.41, 5.74) is 2.71. The molecule has 1 aromatic heterocycles. The molecular formula is C26H31Cl2N3O3. The first-order chi connectivity index (χ1) is 16.2. The highest BCUT2D eigenvalue weighted by molar-refractivity contribution is 6.40. The van der Waals surface area contributed by atoms with Crippen molar-refractivity contribution in [3.05, 3.63) is 75.3 Å². The van der Waals surface area contributed by atoms with E-state index < -0.39 is 0 Å². The first kappa shape index (κ1) is 25.9. The van der Waals surface area contributed by atoms with Crippen LogP contribution in [0, 0.1) is 12.8 Å². The van der Waals surface area contributed by atoms with Crippen LogP contribution in [0.1, 0.15) is 47.6 Å². The Labute approximate surface area is 211 Å². The van der Waals surface area contributed by atoms with Crippen molar-refractivity contribution in [2.75, 3.05) is 20.8 Å². The molecule has 0 saturated carbocycles. The fraction of sp³-hybridized carbons (Fsp3) is 0.385. The van der Waals surface area contributed by atoms with E-state index in [4.69, 9.17) is 32.7 Å². The summed E-state index contributed by atoms with van der Waals surface area (Å²) in [6.45, 7) is 7.64. The van der Waals surface area contributed by atoms with Crippen molar-refractivity contribution in [3.63, 3.8) is 0 Å². The molecule has 0 aliphatic carbocycles. The SMILES string of the molecule is COc1ccc(C(=O)N(CCC(C)C)Cc2nc(Cl)c(Cl)n2Cc2ccccc2C)c(OC)c1. The van der Waals surface area contributed by atoms with E-state index in [-0.39, 0.29) is 17.6 Å². The number of benzene rings is 2. The molecule has 34 heavy (non-hydrogen) atoms. The van der Waals surface area contributed by atoms with E-state index in [1.165, 1.54) is 0 Å². The number of hydrogen-bond acceptors (Lipinski definition) is 4. The Bertz CT molecular complexity index is 1140. The molecule has 1 amide bonds. The van der Waals surface area contributed by atoms with Gasteiger partial charge in [-0.1, -0.05) is 61.3 Å². The second-order valence-corrected chi connectivity index (χ2v) is 9.31. The van der Waals surface area contributed by atoms with E-state index in [0.717, 1.165) is 17.5 Å². The van der Waals surface area contributed by atoms with Crippen molar-refractivity contribution >= 4 is 29.1 Å². The van der Waals surface area contributed by atoms with Gasteiger partial charge in [-0.3, -0.25) is 4.79 Å². The quantitative estimate of drug-likeness (QED) is 0.328. The number of methoxy groups -OCH3 is 2. The molecule has 0 saturated heterocycles. The third-order valence-electron chi connectivity index (χ3n) is 5.77. The fourth-order valence-corrected chi connectivity index (χ4v) is 4.07. The largest absolute Gasteiger partial charge is 0.497 e. The normalized spacial score (nSPS) is 11.1. The van der Waals surface area contributed by atoms with Crippen LogP contribution in [0.25, 0.3) is 0 Å². The molecule has 0 radical (unpaired) electrons. The summed E-state index contributed by atoms with van der Waals surface area (Å²) < 4.78 is 12.6.